The number of hydrogen-bond acceptors (Lipinski definition) is 7. The normalized spacial score (nSPS) is 18.1. The Morgan fingerprint density at radius 3 is 2.35 bits per heavy atom. The Kier molecular flexibility index (Phi) is 10.3. The first-order chi connectivity index (χ1) is 22.0. The van der Waals surface area contributed by atoms with Gasteiger partial charge in [0, 0.05) is 49.5 Å². The number of methoxy groups -OCH3 is 1. The molecule has 3 aliphatic heterocycles. The summed E-state index contributed by atoms with van der Waals surface area (Å²) in [6, 6.07) is 11.0. The molecule has 3 heterocycles. The van der Waals surface area contributed by atoms with E-state index in [1.54, 1.807) is 21.9 Å². The van der Waals surface area contributed by atoms with Gasteiger partial charge in [-0.1, -0.05) is 28.1 Å². The maximum absolute atomic E-state index is 13.9. The molecule has 1 N–H and O–H groups in total. The van der Waals surface area contributed by atoms with Crippen LogP contribution in [-0.4, -0.2) is 96.4 Å². The molecule has 0 spiro atoms. The second-order valence-corrected chi connectivity index (χ2v) is 13.5. The molecule has 2 aromatic carbocycles. The maximum atomic E-state index is 13.9. The lowest BCUT2D eigenvalue weighted by Gasteiger charge is -2.36. The van der Waals surface area contributed by atoms with E-state index < -0.39 is 11.7 Å². The second kappa shape index (κ2) is 14.2. The number of alkyl halides is 1. The molecule has 3 amide bonds. The molecule has 0 bridgehead atoms. The highest BCUT2D eigenvalue weighted by Crippen LogP contribution is 2.41. The van der Waals surface area contributed by atoms with Crippen molar-refractivity contribution in [3.63, 3.8) is 0 Å². The Morgan fingerprint density at radius 1 is 1.00 bits per heavy atom. The lowest BCUT2D eigenvalue weighted by atomic mass is 10.0. The summed E-state index contributed by atoms with van der Waals surface area (Å²) in [7, 11) is 1.51. The first-order valence-corrected chi connectivity index (χ1v) is 16.9. The quantitative estimate of drug-likeness (QED) is 0.235. The lowest BCUT2D eigenvalue weighted by molar-refractivity contribution is 0.0240. The van der Waals surface area contributed by atoms with Gasteiger partial charge in [-0.05, 0) is 75.8 Å². The summed E-state index contributed by atoms with van der Waals surface area (Å²) in [5.41, 5.74) is 3.02. The summed E-state index contributed by atoms with van der Waals surface area (Å²) in [6.45, 7) is 8.75. The zero-order valence-corrected chi connectivity index (χ0v) is 28.5. The molecule has 1 atom stereocenters. The number of halogens is 1. The van der Waals surface area contributed by atoms with Crippen molar-refractivity contribution in [3.8, 4) is 11.5 Å². The minimum absolute atomic E-state index is 0.130. The molecule has 46 heavy (non-hydrogen) atoms. The number of nitrogens with zero attached hydrogens (tertiary/aromatic N) is 4. The number of fused-ring (bicyclic) bond motifs is 2. The summed E-state index contributed by atoms with van der Waals surface area (Å²) < 4.78 is 17.0. The Hall–Kier alpha value is -3.93. The van der Waals surface area contributed by atoms with Gasteiger partial charge in [-0.25, -0.2) is 9.59 Å². The van der Waals surface area contributed by atoms with Gasteiger partial charge in [0.15, 0.2) is 11.5 Å². The van der Waals surface area contributed by atoms with E-state index in [-0.39, 0.29) is 30.2 Å². The molecule has 0 unspecified atom stereocenters. The van der Waals surface area contributed by atoms with Crippen molar-refractivity contribution in [1.82, 2.24) is 9.80 Å². The largest absolute Gasteiger partial charge is 0.493 e. The van der Waals surface area contributed by atoms with E-state index in [0.717, 1.165) is 41.4 Å². The summed E-state index contributed by atoms with van der Waals surface area (Å²) in [4.78, 5) is 45.7. The number of carboxylic acid groups (broad SMARTS) is 1. The zero-order valence-electron chi connectivity index (χ0n) is 27.0. The van der Waals surface area contributed by atoms with Crippen LogP contribution in [-0.2, 0) is 4.74 Å². The van der Waals surface area contributed by atoms with Gasteiger partial charge in [0.1, 0.15) is 5.60 Å². The molecule has 3 aliphatic rings. The van der Waals surface area contributed by atoms with Crippen LogP contribution in [0.3, 0.4) is 0 Å². The minimum atomic E-state index is -1.13. The average molecular weight is 700 g/mol. The maximum Gasteiger partial charge on any atom is 0.411 e. The zero-order chi connectivity index (χ0) is 33.0. The number of anilines is 2. The number of benzene rings is 2. The second-order valence-electron chi connectivity index (χ2n) is 12.7. The smallest absolute Gasteiger partial charge is 0.411 e. The van der Waals surface area contributed by atoms with Crippen LogP contribution < -0.4 is 19.3 Å². The standard InChI is InChI=1S/C34H43BrN4O7/c1-34(2,3)46-33(43)37-15-13-36(14-16-37)25-10-8-23(9-11-25)24-18-26-22-39(32(41)42)28-20-30(45-17-7-5-6-12-35)29(44-4)19-27(28)31(40)38(26)21-24/h8-11,19-21,26H,5-7,12-18,22H2,1-4H3,(H,41,42)/t26-/m0/s1. The third kappa shape index (κ3) is 7.54. The van der Waals surface area contributed by atoms with Crippen LogP contribution in [0.5, 0.6) is 11.5 Å². The van der Waals surface area contributed by atoms with Gasteiger partial charge in [-0.3, -0.25) is 9.69 Å². The number of ether oxygens (including phenoxy) is 3. The molecular formula is C34H43BrN4O7. The molecular weight excluding hydrogens is 656 g/mol. The van der Waals surface area contributed by atoms with E-state index in [0.29, 0.717) is 56.4 Å². The van der Waals surface area contributed by atoms with E-state index in [1.807, 2.05) is 39.1 Å². The average Bonchev–Trinajstić information content (AvgIpc) is 3.42. The summed E-state index contributed by atoms with van der Waals surface area (Å²) >= 11 is 3.43. The van der Waals surface area contributed by atoms with Crippen molar-refractivity contribution >= 4 is 51.0 Å². The topological polar surface area (TPSA) is 112 Å². The predicted octanol–water partition coefficient (Wildman–Crippen LogP) is 6.45. The molecule has 5 rings (SSSR count). The fraction of sp³-hybridized carbons (Fsp3) is 0.500. The number of hydrogen-bond donors (Lipinski definition) is 1. The first-order valence-electron chi connectivity index (χ1n) is 15.8. The Balaban J connectivity index is 1.30. The van der Waals surface area contributed by atoms with Crippen molar-refractivity contribution < 1.29 is 33.7 Å². The number of piperazine rings is 1. The van der Waals surface area contributed by atoms with Crippen molar-refractivity contribution in [2.75, 3.05) is 61.6 Å². The SMILES string of the molecule is COc1cc2c(cc1OCCCCCBr)N(C(=O)O)C[C@@H]1CC(c3ccc(N4CCN(C(=O)OC(C)(C)C)CC4)cc3)=CN1C2=O. The molecule has 11 nitrogen and oxygen atoms in total. The predicted molar refractivity (Wildman–Crippen MR) is 181 cm³/mol. The third-order valence-corrected chi connectivity index (χ3v) is 8.94. The molecule has 1 fully saturated rings. The van der Waals surface area contributed by atoms with Crippen molar-refractivity contribution in [3.05, 3.63) is 53.7 Å². The van der Waals surface area contributed by atoms with Crippen LogP contribution in [0.4, 0.5) is 21.0 Å². The molecule has 0 aromatic heterocycles. The fourth-order valence-corrected chi connectivity index (χ4v) is 6.41. The Labute approximate surface area is 278 Å². The number of carbonyl (C=O) groups excluding carboxylic acids is 2. The van der Waals surface area contributed by atoms with Gasteiger partial charge in [0.05, 0.1) is 37.6 Å². The monoisotopic (exact) mass is 698 g/mol. The highest BCUT2D eigenvalue weighted by molar-refractivity contribution is 9.09. The van der Waals surface area contributed by atoms with Gasteiger partial charge >= 0.3 is 12.2 Å². The van der Waals surface area contributed by atoms with Crippen LogP contribution in [0.1, 0.15) is 62.4 Å². The van der Waals surface area contributed by atoms with Gasteiger partial charge < -0.3 is 34.0 Å². The number of amides is 3. The Morgan fingerprint density at radius 2 is 1.72 bits per heavy atom. The van der Waals surface area contributed by atoms with Crippen LogP contribution >= 0.6 is 15.9 Å². The van der Waals surface area contributed by atoms with Crippen molar-refractivity contribution in [2.45, 2.75) is 58.1 Å². The number of carbonyl (C=O) groups is 3. The van der Waals surface area contributed by atoms with E-state index >= 15 is 0 Å². The summed E-state index contributed by atoms with van der Waals surface area (Å²) in [5.74, 6) is 0.534. The molecule has 12 heteroatoms. The van der Waals surface area contributed by atoms with E-state index in [4.69, 9.17) is 14.2 Å². The molecule has 0 saturated carbocycles. The van der Waals surface area contributed by atoms with E-state index in [1.165, 1.54) is 12.0 Å². The van der Waals surface area contributed by atoms with Crippen LogP contribution in [0.2, 0.25) is 0 Å². The minimum Gasteiger partial charge on any atom is -0.493 e. The van der Waals surface area contributed by atoms with E-state index in [9.17, 15) is 19.5 Å². The molecule has 2 aromatic rings. The number of unbranched alkanes of at least 4 members (excludes halogenated alkanes) is 2. The van der Waals surface area contributed by atoms with Crippen molar-refractivity contribution in [2.24, 2.45) is 0 Å². The molecule has 0 aliphatic carbocycles. The summed E-state index contributed by atoms with van der Waals surface area (Å²) in [6.07, 6.45) is 3.83. The van der Waals surface area contributed by atoms with Gasteiger partial charge in [0.2, 0.25) is 0 Å². The van der Waals surface area contributed by atoms with E-state index in [2.05, 4.69) is 33.0 Å². The van der Waals surface area contributed by atoms with Gasteiger partial charge in [-0.15, -0.1) is 0 Å². The van der Waals surface area contributed by atoms with Crippen LogP contribution in [0, 0.1) is 0 Å². The lowest BCUT2D eigenvalue weighted by Crippen LogP contribution is -2.50. The summed E-state index contributed by atoms with van der Waals surface area (Å²) in [5, 5.41) is 11.1. The molecule has 248 valence electrons. The number of rotatable bonds is 9. The molecule has 0 radical (unpaired) electrons. The first kappa shape index (κ1) is 33.4. The van der Waals surface area contributed by atoms with Gasteiger partial charge in [0.25, 0.3) is 5.91 Å². The Bertz CT molecular complexity index is 1470. The van der Waals surface area contributed by atoms with Crippen LogP contribution in [0.25, 0.3) is 5.57 Å². The van der Waals surface area contributed by atoms with Crippen molar-refractivity contribution in [1.29, 1.82) is 0 Å². The molecule has 1 saturated heterocycles. The highest BCUT2D eigenvalue weighted by Gasteiger charge is 2.39. The third-order valence-electron chi connectivity index (χ3n) is 8.38. The fourth-order valence-electron chi connectivity index (χ4n) is 6.01. The van der Waals surface area contributed by atoms with Crippen LogP contribution in [0.15, 0.2) is 42.6 Å². The van der Waals surface area contributed by atoms with Gasteiger partial charge in [-0.2, -0.15) is 0 Å². The highest BCUT2D eigenvalue weighted by atomic mass is 79.9.